The van der Waals surface area contributed by atoms with Gasteiger partial charge in [0, 0.05) is 6.07 Å². The lowest BCUT2D eigenvalue weighted by Gasteiger charge is -2.05. The second kappa shape index (κ2) is 5.83. The molecule has 2 N–H and O–H groups in total. The molecule has 0 aliphatic rings. The molecule has 0 aliphatic carbocycles. The van der Waals surface area contributed by atoms with Gasteiger partial charge in [-0.3, -0.25) is 9.59 Å². The molecule has 1 aromatic carbocycles. The number of benzene rings is 1. The van der Waals surface area contributed by atoms with Crippen molar-refractivity contribution in [3.05, 3.63) is 29.6 Å². The fourth-order valence-electron chi connectivity index (χ4n) is 1.21. The molecule has 1 rings (SSSR count). The molecule has 6 heteroatoms. The van der Waals surface area contributed by atoms with Gasteiger partial charge >= 0.3 is 5.97 Å². The minimum Gasteiger partial charge on any atom is -0.497 e. The highest BCUT2D eigenvalue weighted by Crippen LogP contribution is 2.16. The molecule has 92 valence electrons. The van der Waals surface area contributed by atoms with Crippen LogP contribution in [0.25, 0.3) is 0 Å². The molecular weight excluding hydrogens is 229 g/mol. The van der Waals surface area contributed by atoms with Crippen LogP contribution in [-0.2, 0) is 16.0 Å². The van der Waals surface area contributed by atoms with E-state index in [1.165, 1.54) is 25.3 Å². The van der Waals surface area contributed by atoms with Crippen molar-refractivity contribution >= 4 is 11.9 Å². The number of carbonyl (C=O) groups is 2. The maximum absolute atomic E-state index is 13.4. The summed E-state index contributed by atoms with van der Waals surface area (Å²) >= 11 is 0. The third-order valence-corrected chi connectivity index (χ3v) is 2.05. The Bertz CT molecular complexity index is 433. The number of ether oxygens (including phenoxy) is 1. The number of methoxy groups -OCH3 is 1. The zero-order chi connectivity index (χ0) is 12.8. The van der Waals surface area contributed by atoms with E-state index in [4.69, 9.17) is 9.84 Å². The minimum absolute atomic E-state index is 0.189. The Labute approximate surface area is 97.2 Å². The Morgan fingerprint density at radius 1 is 1.47 bits per heavy atom. The Morgan fingerprint density at radius 3 is 2.71 bits per heavy atom. The topological polar surface area (TPSA) is 75.6 Å². The van der Waals surface area contributed by atoms with Crippen molar-refractivity contribution in [3.63, 3.8) is 0 Å². The number of carbonyl (C=O) groups excluding carboxylic acids is 1. The first-order valence-electron chi connectivity index (χ1n) is 4.84. The Kier molecular flexibility index (Phi) is 4.45. The number of aliphatic carboxylic acids is 1. The smallest absolute Gasteiger partial charge is 0.322 e. The van der Waals surface area contributed by atoms with E-state index < -0.39 is 24.2 Å². The third-order valence-electron chi connectivity index (χ3n) is 2.05. The van der Waals surface area contributed by atoms with Gasteiger partial charge in [-0.2, -0.15) is 0 Å². The van der Waals surface area contributed by atoms with Crippen LogP contribution in [0.2, 0.25) is 0 Å². The largest absolute Gasteiger partial charge is 0.497 e. The van der Waals surface area contributed by atoms with Crippen molar-refractivity contribution in [1.29, 1.82) is 0 Å². The lowest BCUT2D eigenvalue weighted by molar-refractivity contribution is -0.137. The van der Waals surface area contributed by atoms with Gasteiger partial charge in [0.1, 0.15) is 18.1 Å². The summed E-state index contributed by atoms with van der Waals surface area (Å²) in [6, 6.07) is 4.12. The zero-order valence-electron chi connectivity index (χ0n) is 9.20. The number of amides is 1. The first-order chi connectivity index (χ1) is 8.02. The predicted molar refractivity (Wildman–Crippen MR) is 57.3 cm³/mol. The van der Waals surface area contributed by atoms with Gasteiger partial charge in [-0.25, -0.2) is 4.39 Å². The van der Waals surface area contributed by atoms with Crippen molar-refractivity contribution in [1.82, 2.24) is 5.32 Å². The number of hydrogen-bond acceptors (Lipinski definition) is 3. The van der Waals surface area contributed by atoms with E-state index in [2.05, 4.69) is 5.32 Å². The molecule has 5 nitrogen and oxygen atoms in total. The van der Waals surface area contributed by atoms with Gasteiger partial charge in [0.2, 0.25) is 5.91 Å². The molecule has 0 spiro atoms. The summed E-state index contributed by atoms with van der Waals surface area (Å²) in [5.74, 6) is -1.89. The maximum Gasteiger partial charge on any atom is 0.322 e. The summed E-state index contributed by atoms with van der Waals surface area (Å²) in [5, 5.41) is 10.5. The van der Waals surface area contributed by atoms with Crippen LogP contribution in [0.3, 0.4) is 0 Å². The summed E-state index contributed by atoms with van der Waals surface area (Å²) in [7, 11) is 1.41. The molecular formula is C11H12FNO4. The molecule has 0 saturated carbocycles. The van der Waals surface area contributed by atoms with Gasteiger partial charge in [0.05, 0.1) is 13.5 Å². The van der Waals surface area contributed by atoms with E-state index in [-0.39, 0.29) is 12.0 Å². The van der Waals surface area contributed by atoms with Crippen molar-refractivity contribution < 1.29 is 23.8 Å². The first-order valence-corrected chi connectivity index (χ1v) is 4.84. The quantitative estimate of drug-likeness (QED) is 0.790. The van der Waals surface area contributed by atoms with Crippen LogP contribution in [0.1, 0.15) is 5.56 Å². The maximum atomic E-state index is 13.4. The van der Waals surface area contributed by atoms with Crippen molar-refractivity contribution in [2.45, 2.75) is 6.42 Å². The normalized spacial score (nSPS) is 9.76. The van der Waals surface area contributed by atoms with Gasteiger partial charge in [-0.05, 0) is 11.6 Å². The van der Waals surface area contributed by atoms with E-state index in [9.17, 15) is 14.0 Å². The number of hydrogen-bond donors (Lipinski definition) is 2. The average Bonchev–Trinajstić information content (AvgIpc) is 2.29. The van der Waals surface area contributed by atoms with Crippen LogP contribution >= 0.6 is 0 Å². The van der Waals surface area contributed by atoms with Crippen molar-refractivity contribution in [3.8, 4) is 5.75 Å². The highest BCUT2D eigenvalue weighted by molar-refractivity contribution is 5.82. The second-order valence-corrected chi connectivity index (χ2v) is 3.30. The molecule has 0 aromatic heterocycles. The summed E-state index contributed by atoms with van der Waals surface area (Å²) in [6.45, 7) is -0.476. The number of carboxylic acid groups (broad SMARTS) is 1. The van der Waals surface area contributed by atoms with Crippen LogP contribution in [0.15, 0.2) is 18.2 Å². The molecule has 0 radical (unpaired) electrons. The molecule has 0 aliphatic heterocycles. The fraction of sp³-hybridized carbons (Fsp3) is 0.273. The van der Waals surface area contributed by atoms with Gasteiger partial charge in [0.15, 0.2) is 0 Å². The molecule has 0 bridgehead atoms. The van der Waals surface area contributed by atoms with Gasteiger partial charge in [-0.15, -0.1) is 0 Å². The van der Waals surface area contributed by atoms with Crippen LogP contribution in [-0.4, -0.2) is 30.6 Å². The van der Waals surface area contributed by atoms with Gasteiger partial charge in [-0.1, -0.05) is 6.07 Å². The molecule has 0 fully saturated rings. The van der Waals surface area contributed by atoms with Gasteiger partial charge < -0.3 is 15.2 Å². The second-order valence-electron chi connectivity index (χ2n) is 3.30. The molecule has 1 aromatic rings. The summed E-state index contributed by atoms with van der Waals surface area (Å²) in [6.07, 6.45) is -0.205. The van der Waals surface area contributed by atoms with Crippen LogP contribution < -0.4 is 10.1 Å². The number of nitrogens with one attached hydrogen (secondary N) is 1. The summed E-state index contributed by atoms with van der Waals surface area (Å²) < 4.78 is 18.2. The zero-order valence-corrected chi connectivity index (χ0v) is 9.20. The molecule has 0 unspecified atom stereocenters. The SMILES string of the molecule is COc1ccc(CC(=O)NCC(=O)O)c(F)c1. The first kappa shape index (κ1) is 13.0. The predicted octanol–water partition coefficient (Wildman–Crippen LogP) is 0.578. The highest BCUT2D eigenvalue weighted by Gasteiger charge is 2.09. The van der Waals surface area contributed by atoms with E-state index in [1.807, 2.05) is 0 Å². The number of halogens is 1. The lowest BCUT2D eigenvalue weighted by Crippen LogP contribution is -2.30. The molecule has 1 amide bonds. The van der Waals surface area contributed by atoms with Crippen molar-refractivity contribution in [2.24, 2.45) is 0 Å². The lowest BCUT2D eigenvalue weighted by atomic mass is 10.1. The molecule has 0 atom stereocenters. The Balaban J connectivity index is 2.62. The molecule has 17 heavy (non-hydrogen) atoms. The van der Waals surface area contributed by atoms with E-state index >= 15 is 0 Å². The van der Waals surface area contributed by atoms with E-state index in [1.54, 1.807) is 0 Å². The standard InChI is InChI=1S/C11H12FNO4/c1-17-8-3-2-7(9(12)5-8)4-10(14)13-6-11(15)16/h2-3,5H,4,6H2,1H3,(H,13,14)(H,15,16). The summed E-state index contributed by atoms with van der Waals surface area (Å²) in [5.41, 5.74) is 0.189. The number of carboxylic acids is 1. The van der Waals surface area contributed by atoms with Crippen LogP contribution in [0.5, 0.6) is 5.75 Å². The van der Waals surface area contributed by atoms with Crippen LogP contribution in [0, 0.1) is 5.82 Å². The Hall–Kier alpha value is -2.11. The molecule has 0 heterocycles. The highest BCUT2D eigenvalue weighted by atomic mass is 19.1. The fourth-order valence-corrected chi connectivity index (χ4v) is 1.21. The third kappa shape index (κ3) is 4.10. The van der Waals surface area contributed by atoms with Crippen molar-refractivity contribution in [2.75, 3.05) is 13.7 Å². The Morgan fingerprint density at radius 2 is 2.18 bits per heavy atom. The van der Waals surface area contributed by atoms with Gasteiger partial charge in [0.25, 0.3) is 0 Å². The average molecular weight is 241 g/mol. The minimum atomic E-state index is -1.14. The number of rotatable bonds is 5. The van der Waals surface area contributed by atoms with E-state index in [0.29, 0.717) is 5.75 Å². The monoisotopic (exact) mass is 241 g/mol. The van der Waals surface area contributed by atoms with E-state index in [0.717, 1.165) is 0 Å². The molecule has 0 saturated heterocycles. The summed E-state index contributed by atoms with van der Waals surface area (Å²) in [4.78, 5) is 21.5. The van der Waals surface area contributed by atoms with Crippen LogP contribution in [0.4, 0.5) is 4.39 Å².